The minimum atomic E-state index is -3.74. The van der Waals surface area contributed by atoms with Crippen LogP contribution in [0.25, 0.3) is 11.3 Å². The van der Waals surface area contributed by atoms with Gasteiger partial charge in [0.25, 0.3) is 10.0 Å². The summed E-state index contributed by atoms with van der Waals surface area (Å²) in [6.07, 6.45) is 0. The molecule has 0 bridgehead atoms. The Morgan fingerprint density at radius 3 is 2.44 bits per heavy atom. The number of rotatable bonds is 4. The van der Waals surface area contributed by atoms with Gasteiger partial charge >= 0.3 is 0 Å². The Morgan fingerprint density at radius 1 is 1.12 bits per heavy atom. The summed E-state index contributed by atoms with van der Waals surface area (Å²) in [5.74, 6) is 0. The Balaban J connectivity index is 1.97. The summed E-state index contributed by atoms with van der Waals surface area (Å²) in [6.45, 7) is 3.66. The van der Waals surface area contributed by atoms with Gasteiger partial charge in [-0.15, -0.1) is 11.3 Å². The third-order valence-electron chi connectivity index (χ3n) is 3.66. The molecular formula is C18H15N3O2S2. The van der Waals surface area contributed by atoms with E-state index in [1.54, 1.807) is 43.3 Å². The molecule has 0 saturated carbocycles. The second kappa shape index (κ2) is 6.67. The molecule has 1 aromatic heterocycles. The molecule has 7 heteroatoms. The Labute approximate surface area is 150 Å². The molecule has 1 N–H and O–H groups in total. The van der Waals surface area contributed by atoms with Crippen LogP contribution in [0.4, 0.5) is 5.69 Å². The Morgan fingerprint density at radius 2 is 1.84 bits per heavy atom. The lowest BCUT2D eigenvalue weighted by molar-refractivity contribution is 0.600. The molecule has 0 radical (unpaired) electrons. The fourth-order valence-electron chi connectivity index (χ4n) is 2.37. The molecule has 0 aliphatic rings. The summed E-state index contributed by atoms with van der Waals surface area (Å²) >= 11 is 1.52. The van der Waals surface area contributed by atoms with Crippen molar-refractivity contribution >= 4 is 27.0 Å². The molecule has 0 aliphatic carbocycles. The Hall–Kier alpha value is -2.69. The summed E-state index contributed by atoms with van der Waals surface area (Å²) in [4.78, 5) is 4.62. The highest BCUT2D eigenvalue weighted by Crippen LogP contribution is 2.27. The molecule has 0 spiro atoms. The number of benzene rings is 2. The second-order valence-corrected chi connectivity index (χ2v) is 8.24. The first-order valence-corrected chi connectivity index (χ1v) is 9.81. The highest BCUT2D eigenvalue weighted by Gasteiger charge is 2.18. The molecule has 0 saturated heterocycles. The van der Waals surface area contributed by atoms with Crippen molar-refractivity contribution in [2.45, 2.75) is 18.7 Å². The molecule has 0 fully saturated rings. The first kappa shape index (κ1) is 17.1. The van der Waals surface area contributed by atoms with E-state index in [2.05, 4.69) is 9.71 Å². The number of nitrogens with zero attached hydrogens (tertiary/aromatic N) is 2. The third kappa shape index (κ3) is 3.71. The number of hydrogen-bond donors (Lipinski definition) is 1. The highest BCUT2D eigenvalue weighted by atomic mass is 32.2. The first-order valence-electron chi connectivity index (χ1n) is 7.45. The quantitative estimate of drug-likeness (QED) is 0.750. The lowest BCUT2D eigenvalue weighted by Crippen LogP contribution is -2.14. The molecule has 0 atom stereocenters. The van der Waals surface area contributed by atoms with E-state index in [9.17, 15) is 8.42 Å². The number of hydrogen-bond acceptors (Lipinski definition) is 5. The molecule has 1 heterocycles. The van der Waals surface area contributed by atoms with Crippen LogP contribution in [-0.2, 0) is 10.0 Å². The van der Waals surface area contributed by atoms with Gasteiger partial charge in [-0.1, -0.05) is 12.1 Å². The largest absolute Gasteiger partial charge is 0.280 e. The number of thiazole rings is 1. The minimum Gasteiger partial charge on any atom is -0.280 e. The molecule has 0 amide bonds. The van der Waals surface area contributed by atoms with Crippen molar-refractivity contribution in [3.05, 3.63) is 64.0 Å². The number of nitriles is 1. The molecule has 5 nitrogen and oxygen atoms in total. The van der Waals surface area contributed by atoms with Crippen LogP contribution in [0.15, 0.2) is 52.7 Å². The minimum absolute atomic E-state index is 0.208. The maximum absolute atomic E-state index is 12.8. The fraction of sp³-hybridized carbons (Fsp3) is 0.111. The van der Waals surface area contributed by atoms with Crippen LogP contribution in [0.5, 0.6) is 0 Å². The first-order chi connectivity index (χ1) is 11.9. The monoisotopic (exact) mass is 369 g/mol. The lowest BCUT2D eigenvalue weighted by Gasteiger charge is -2.11. The van der Waals surface area contributed by atoms with Crippen LogP contribution in [-0.4, -0.2) is 13.4 Å². The van der Waals surface area contributed by atoms with Crippen molar-refractivity contribution < 1.29 is 8.42 Å². The number of anilines is 1. The molecule has 3 rings (SSSR count). The summed E-state index contributed by atoms with van der Waals surface area (Å²) in [5, 5.41) is 11.7. The van der Waals surface area contributed by atoms with E-state index in [4.69, 9.17) is 5.26 Å². The van der Waals surface area contributed by atoms with E-state index < -0.39 is 10.0 Å². The fourth-order valence-corrected chi connectivity index (χ4v) is 4.32. The average Bonchev–Trinajstić information content (AvgIpc) is 3.02. The van der Waals surface area contributed by atoms with Gasteiger partial charge in [0.1, 0.15) is 0 Å². The smallest absolute Gasteiger partial charge is 0.262 e. The van der Waals surface area contributed by atoms with Crippen LogP contribution in [0.1, 0.15) is 16.1 Å². The molecular weight excluding hydrogens is 354 g/mol. The number of sulfonamides is 1. The van der Waals surface area contributed by atoms with E-state index >= 15 is 0 Å². The zero-order valence-electron chi connectivity index (χ0n) is 13.6. The maximum atomic E-state index is 12.8. The number of nitrogens with one attached hydrogen (secondary N) is 1. The van der Waals surface area contributed by atoms with Crippen molar-refractivity contribution in [3.8, 4) is 17.3 Å². The van der Waals surface area contributed by atoms with Crippen molar-refractivity contribution in [2.24, 2.45) is 0 Å². The topological polar surface area (TPSA) is 82.8 Å². The van der Waals surface area contributed by atoms with Gasteiger partial charge in [0.05, 0.1) is 27.2 Å². The normalized spacial score (nSPS) is 11.1. The molecule has 2 aromatic carbocycles. The van der Waals surface area contributed by atoms with E-state index in [1.807, 2.05) is 24.4 Å². The van der Waals surface area contributed by atoms with Crippen molar-refractivity contribution in [2.75, 3.05) is 4.72 Å². The van der Waals surface area contributed by atoms with Crippen molar-refractivity contribution in [3.63, 3.8) is 0 Å². The molecule has 0 unspecified atom stereocenters. The SMILES string of the molecule is Cc1nc(-c2ccc(C)c(S(=O)(=O)Nc3ccc(C#N)cc3)c2)cs1. The summed E-state index contributed by atoms with van der Waals surface area (Å²) < 4.78 is 28.1. The van der Waals surface area contributed by atoms with Gasteiger partial charge in [0.15, 0.2) is 0 Å². The lowest BCUT2D eigenvalue weighted by atomic mass is 10.1. The summed E-state index contributed by atoms with van der Waals surface area (Å²) in [6, 6.07) is 13.6. The van der Waals surface area contributed by atoms with E-state index in [0.29, 0.717) is 16.8 Å². The van der Waals surface area contributed by atoms with E-state index in [1.165, 1.54) is 11.3 Å². The standard InChI is InChI=1S/C18H15N3O2S2/c1-12-3-6-15(17-11-24-13(2)20-17)9-18(12)25(22,23)21-16-7-4-14(10-19)5-8-16/h3-9,11,21H,1-2H3. The third-order valence-corrected chi connectivity index (χ3v) is 5.96. The zero-order valence-corrected chi connectivity index (χ0v) is 15.3. The summed E-state index contributed by atoms with van der Waals surface area (Å²) in [5.41, 5.74) is 3.05. The zero-order chi connectivity index (χ0) is 18.0. The molecule has 3 aromatic rings. The number of aryl methyl sites for hydroxylation is 2. The predicted octanol–water partition coefficient (Wildman–Crippen LogP) is 4.10. The highest BCUT2D eigenvalue weighted by molar-refractivity contribution is 7.92. The predicted molar refractivity (Wildman–Crippen MR) is 99.0 cm³/mol. The van der Waals surface area contributed by atoms with Gasteiger partial charge in [0.2, 0.25) is 0 Å². The van der Waals surface area contributed by atoms with Crippen LogP contribution in [0.3, 0.4) is 0 Å². The number of aromatic nitrogens is 1. The van der Waals surface area contributed by atoms with Gasteiger partial charge in [-0.05, 0) is 49.7 Å². The van der Waals surface area contributed by atoms with Gasteiger partial charge in [0, 0.05) is 16.6 Å². The Bertz CT molecular complexity index is 1060. The van der Waals surface area contributed by atoms with Gasteiger partial charge < -0.3 is 0 Å². The van der Waals surface area contributed by atoms with E-state index in [0.717, 1.165) is 16.3 Å². The Kier molecular flexibility index (Phi) is 4.57. The van der Waals surface area contributed by atoms with Crippen LogP contribution < -0.4 is 4.72 Å². The van der Waals surface area contributed by atoms with Crippen LogP contribution in [0, 0.1) is 25.2 Å². The van der Waals surface area contributed by atoms with Crippen molar-refractivity contribution in [1.29, 1.82) is 5.26 Å². The van der Waals surface area contributed by atoms with Crippen molar-refractivity contribution in [1.82, 2.24) is 4.98 Å². The molecule has 0 aliphatic heterocycles. The average molecular weight is 369 g/mol. The molecule has 126 valence electrons. The van der Waals surface area contributed by atoms with Gasteiger partial charge in [-0.25, -0.2) is 13.4 Å². The van der Waals surface area contributed by atoms with E-state index in [-0.39, 0.29) is 4.90 Å². The maximum Gasteiger partial charge on any atom is 0.262 e. The van der Waals surface area contributed by atoms with Gasteiger partial charge in [-0.2, -0.15) is 5.26 Å². The second-order valence-electron chi connectivity index (χ2n) is 5.53. The van der Waals surface area contributed by atoms with Crippen LogP contribution in [0.2, 0.25) is 0 Å². The van der Waals surface area contributed by atoms with Crippen LogP contribution >= 0.6 is 11.3 Å². The van der Waals surface area contributed by atoms with Gasteiger partial charge in [-0.3, -0.25) is 4.72 Å². The molecule has 25 heavy (non-hydrogen) atoms. The summed E-state index contributed by atoms with van der Waals surface area (Å²) in [7, 11) is -3.74.